The topological polar surface area (TPSA) is 9.23 Å². The van der Waals surface area contributed by atoms with Crippen molar-refractivity contribution in [2.75, 3.05) is 13.2 Å². The molecule has 72 valence electrons. The normalized spacial score (nSPS) is 36.8. The van der Waals surface area contributed by atoms with E-state index in [0.717, 1.165) is 29.9 Å². The number of alkyl halides is 1. The summed E-state index contributed by atoms with van der Waals surface area (Å²) in [4.78, 5) is 0.735. The molecule has 0 heterocycles. The van der Waals surface area contributed by atoms with E-state index in [-0.39, 0.29) is 0 Å². The van der Waals surface area contributed by atoms with E-state index in [1.807, 2.05) is 0 Å². The molecule has 0 aromatic carbocycles. The summed E-state index contributed by atoms with van der Waals surface area (Å²) < 4.78 is 5.47. The van der Waals surface area contributed by atoms with Gasteiger partial charge in [-0.05, 0) is 38.0 Å². The third kappa shape index (κ3) is 3.06. The molecular weight excluding hydrogens is 216 g/mol. The number of ether oxygens (including phenoxy) is 1. The van der Waals surface area contributed by atoms with Crippen molar-refractivity contribution in [3.8, 4) is 0 Å². The van der Waals surface area contributed by atoms with E-state index < -0.39 is 0 Å². The van der Waals surface area contributed by atoms with Crippen LogP contribution in [0, 0.1) is 11.8 Å². The summed E-state index contributed by atoms with van der Waals surface area (Å²) in [6.45, 7) is 6.23. The van der Waals surface area contributed by atoms with Crippen LogP contribution in [0.1, 0.15) is 33.1 Å². The molecule has 1 aliphatic rings. The first-order chi connectivity index (χ1) is 5.74. The minimum Gasteiger partial charge on any atom is -0.381 e. The number of hydrogen-bond acceptors (Lipinski definition) is 1. The van der Waals surface area contributed by atoms with E-state index in [1.54, 1.807) is 0 Å². The highest BCUT2D eigenvalue weighted by Crippen LogP contribution is 2.33. The van der Waals surface area contributed by atoms with Gasteiger partial charge in [-0.15, -0.1) is 0 Å². The molecule has 1 aliphatic carbocycles. The molecule has 0 aromatic rings. The Labute approximate surface area is 84.0 Å². The molecule has 2 heteroatoms. The van der Waals surface area contributed by atoms with Crippen molar-refractivity contribution >= 4 is 15.9 Å². The van der Waals surface area contributed by atoms with Crippen molar-refractivity contribution < 1.29 is 4.74 Å². The largest absolute Gasteiger partial charge is 0.381 e. The number of hydrogen-bond donors (Lipinski definition) is 0. The molecule has 12 heavy (non-hydrogen) atoms. The molecule has 0 aliphatic heterocycles. The molecular formula is C10H19BrO. The van der Waals surface area contributed by atoms with Gasteiger partial charge in [0.05, 0.1) is 0 Å². The fourth-order valence-corrected chi connectivity index (χ4v) is 2.60. The van der Waals surface area contributed by atoms with E-state index in [0.29, 0.717) is 0 Å². The smallest absolute Gasteiger partial charge is 0.0497 e. The quantitative estimate of drug-likeness (QED) is 0.682. The third-order valence-corrected chi connectivity index (χ3v) is 3.67. The van der Waals surface area contributed by atoms with Crippen LogP contribution in [0.2, 0.25) is 0 Å². The second kappa shape index (κ2) is 5.23. The summed E-state index contributed by atoms with van der Waals surface area (Å²) in [5.41, 5.74) is 0. The second-order valence-corrected chi connectivity index (χ2v) is 5.10. The first-order valence-electron chi connectivity index (χ1n) is 4.95. The van der Waals surface area contributed by atoms with E-state index in [4.69, 9.17) is 4.74 Å². The lowest BCUT2D eigenvalue weighted by Crippen LogP contribution is -2.26. The van der Waals surface area contributed by atoms with Crippen molar-refractivity contribution in [2.45, 2.75) is 37.9 Å². The molecule has 0 radical (unpaired) electrons. The van der Waals surface area contributed by atoms with E-state index >= 15 is 0 Å². The van der Waals surface area contributed by atoms with Crippen LogP contribution < -0.4 is 0 Å². The Hall–Kier alpha value is 0.440. The monoisotopic (exact) mass is 234 g/mol. The van der Waals surface area contributed by atoms with E-state index in [2.05, 4.69) is 29.8 Å². The van der Waals surface area contributed by atoms with Crippen LogP contribution in [0.3, 0.4) is 0 Å². The Morgan fingerprint density at radius 2 is 2.17 bits per heavy atom. The van der Waals surface area contributed by atoms with Gasteiger partial charge in [-0.25, -0.2) is 0 Å². The molecule has 0 saturated heterocycles. The van der Waals surface area contributed by atoms with Gasteiger partial charge in [0.25, 0.3) is 0 Å². The Morgan fingerprint density at radius 1 is 1.42 bits per heavy atom. The maximum Gasteiger partial charge on any atom is 0.0497 e. The van der Waals surface area contributed by atoms with Gasteiger partial charge >= 0.3 is 0 Å². The first kappa shape index (κ1) is 10.5. The summed E-state index contributed by atoms with van der Waals surface area (Å²) in [5.74, 6) is 1.63. The van der Waals surface area contributed by atoms with Crippen LogP contribution in [0.25, 0.3) is 0 Å². The van der Waals surface area contributed by atoms with Crippen LogP contribution in [0.15, 0.2) is 0 Å². The van der Waals surface area contributed by atoms with Crippen LogP contribution in [-0.2, 0) is 4.74 Å². The van der Waals surface area contributed by atoms with Gasteiger partial charge < -0.3 is 4.74 Å². The van der Waals surface area contributed by atoms with Gasteiger partial charge in [0.1, 0.15) is 0 Å². The van der Waals surface area contributed by atoms with E-state index in [9.17, 15) is 0 Å². The Morgan fingerprint density at radius 3 is 2.83 bits per heavy atom. The van der Waals surface area contributed by atoms with Crippen LogP contribution >= 0.6 is 15.9 Å². The van der Waals surface area contributed by atoms with Crippen molar-refractivity contribution in [3.63, 3.8) is 0 Å². The summed E-state index contributed by atoms with van der Waals surface area (Å²) in [7, 11) is 0. The summed E-state index contributed by atoms with van der Waals surface area (Å²) in [5, 5.41) is 0. The average molecular weight is 235 g/mol. The summed E-state index contributed by atoms with van der Waals surface area (Å²) in [6.07, 6.45) is 3.98. The van der Waals surface area contributed by atoms with Gasteiger partial charge in [-0.2, -0.15) is 0 Å². The average Bonchev–Trinajstić information content (AvgIpc) is 2.07. The van der Waals surface area contributed by atoms with Crippen molar-refractivity contribution in [2.24, 2.45) is 11.8 Å². The second-order valence-electron chi connectivity index (χ2n) is 3.81. The minimum atomic E-state index is 0.735. The molecule has 3 atom stereocenters. The molecule has 1 rings (SSSR count). The lowest BCUT2D eigenvalue weighted by atomic mass is 9.81. The summed E-state index contributed by atoms with van der Waals surface area (Å²) >= 11 is 3.69. The summed E-state index contributed by atoms with van der Waals surface area (Å²) in [6, 6.07) is 0. The third-order valence-electron chi connectivity index (χ3n) is 2.83. The lowest BCUT2D eigenvalue weighted by Gasteiger charge is -2.31. The highest BCUT2D eigenvalue weighted by atomic mass is 79.9. The first-order valence-corrected chi connectivity index (χ1v) is 5.87. The predicted molar refractivity (Wildman–Crippen MR) is 55.7 cm³/mol. The standard InChI is InChI=1S/C10H19BrO/c1-3-12-7-9-6-10(11)5-4-8(9)2/h8-10H,3-7H2,1-2H3. The number of rotatable bonds is 3. The molecule has 0 spiro atoms. The number of halogens is 1. The van der Waals surface area contributed by atoms with Crippen LogP contribution in [-0.4, -0.2) is 18.0 Å². The molecule has 0 bridgehead atoms. The Kier molecular flexibility index (Phi) is 4.59. The van der Waals surface area contributed by atoms with Crippen molar-refractivity contribution in [1.82, 2.24) is 0 Å². The molecule has 1 nitrogen and oxygen atoms in total. The molecule has 1 fully saturated rings. The van der Waals surface area contributed by atoms with Crippen molar-refractivity contribution in [3.05, 3.63) is 0 Å². The minimum absolute atomic E-state index is 0.735. The fourth-order valence-electron chi connectivity index (χ4n) is 1.86. The molecule has 3 unspecified atom stereocenters. The zero-order valence-electron chi connectivity index (χ0n) is 8.05. The zero-order chi connectivity index (χ0) is 8.97. The van der Waals surface area contributed by atoms with Crippen LogP contribution in [0.5, 0.6) is 0 Å². The maximum absolute atomic E-state index is 5.47. The van der Waals surface area contributed by atoms with Crippen LogP contribution in [0.4, 0.5) is 0 Å². The Bertz CT molecular complexity index is 127. The zero-order valence-corrected chi connectivity index (χ0v) is 9.64. The van der Waals surface area contributed by atoms with Gasteiger partial charge in [0.15, 0.2) is 0 Å². The van der Waals surface area contributed by atoms with Gasteiger partial charge in [-0.1, -0.05) is 22.9 Å². The lowest BCUT2D eigenvalue weighted by molar-refractivity contribution is 0.0733. The van der Waals surface area contributed by atoms with Gasteiger partial charge in [-0.3, -0.25) is 0 Å². The predicted octanol–water partition coefficient (Wildman–Crippen LogP) is 3.22. The molecule has 0 aromatic heterocycles. The molecule has 0 N–H and O–H groups in total. The van der Waals surface area contributed by atoms with Crippen molar-refractivity contribution in [1.29, 1.82) is 0 Å². The maximum atomic E-state index is 5.47. The van der Waals surface area contributed by atoms with E-state index in [1.165, 1.54) is 19.3 Å². The van der Waals surface area contributed by atoms with Gasteiger partial charge in [0.2, 0.25) is 0 Å². The van der Waals surface area contributed by atoms with Gasteiger partial charge in [0, 0.05) is 18.0 Å². The Balaban J connectivity index is 2.28. The fraction of sp³-hybridized carbons (Fsp3) is 1.00. The molecule has 1 saturated carbocycles. The molecule has 0 amide bonds. The SMILES string of the molecule is CCOCC1CC(Br)CCC1C. The highest BCUT2D eigenvalue weighted by Gasteiger charge is 2.25. The highest BCUT2D eigenvalue weighted by molar-refractivity contribution is 9.09.